The van der Waals surface area contributed by atoms with Crippen LogP contribution < -0.4 is 0 Å². The first-order valence-corrected chi connectivity index (χ1v) is 6.81. The third-order valence-electron chi connectivity index (χ3n) is 3.93. The number of carbonyl (C=O) groups excluding carboxylic acids is 2. The Bertz CT molecular complexity index is 733. The molecule has 2 aliphatic rings. The van der Waals surface area contributed by atoms with E-state index in [0.717, 1.165) is 5.56 Å². The number of allylic oxidation sites excluding steroid dienone is 1. The number of ketones is 1. The number of aliphatic carboxylic acids is 1. The number of nitrogens with zero attached hydrogens (tertiary/aromatic N) is 1. The minimum Gasteiger partial charge on any atom is -0.480 e. The van der Waals surface area contributed by atoms with E-state index >= 15 is 0 Å². The Kier molecular flexibility index (Phi) is 3.44. The van der Waals surface area contributed by atoms with Crippen molar-refractivity contribution in [2.75, 3.05) is 0 Å². The maximum Gasteiger partial charge on any atom is 0.320 e. The van der Waals surface area contributed by atoms with Gasteiger partial charge in [-0.1, -0.05) is 12.1 Å². The first kappa shape index (κ1) is 14.3. The van der Waals surface area contributed by atoms with Crippen LogP contribution in [0.3, 0.4) is 0 Å². The fourth-order valence-corrected chi connectivity index (χ4v) is 2.79. The average molecular weight is 301 g/mol. The van der Waals surface area contributed by atoms with Gasteiger partial charge in [-0.25, -0.2) is 9.38 Å². The molecule has 1 N–H and O–H groups in total. The molecule has 0 spiro atoms. The molecule has 0 bridgehead atoms. The molecule has 5 nitrogen and oxygen atoms in total. The normalized spacial score (nSPS) is 24.4. The van der Waals surface area contributed by atoms with E-state index in [0.29, 0.717) is 12.1 Å². The van der Waals surface area contributed by atoms with Crippen LogP contribution in [0.1, 0.15) is 24.3 Å². The molecule has 1 fully saturated rings. The van der Waals surface area contributed by atoms with Crippen molar-refractivity contribution < 1.29 is 23.9 Å². The lowest BCUT2D eigenvalue weighted by Gasteiger charge is -2.27. The SMILES string of the molecule is O=C1CC(c2ccc(F)cc2)CC2=NC(=O)C(C(=O)O)C=C12. The summed E-state index contributed by atoms with van der Waals surface area (Å²) in [6, 6.07) is 5.85. The highest BCUT2D eigenvalue weighted by Gasteiger charge is 2.37. The summed E-state index contributed by atoms with van der Waals surface area (Å²) in [5.74, 6) is -4.24. The lowest BCUT2D eigenvalue weighted by Crippen LogP contribution is -2.33. The first-order chi connectivity index (χ1) is 10.5. The van der Waals surface area contributed by atoms with Crippen molar-refractivity contribution >= 4 is 23.4 Å². The van der Waals surface area contributed by atoms with E-state index in [1.807, 2.05) is 0 Å². The lowest BCUT2D eigenvalue weighted by atomic mass is 9.77. The number of fused-ring (bicyclic) bond motifs is 1. The summed E-state index contributed by atoms with van der Waals surface area (Å²) < 4.78 is 13.0. The minimum absolute atomic E-state index is 0.182. The van der Waals surface area contributed by atoms with E-state index in [4.69, 9.17) is 5.11 Å². The highest BCUT2D eigenvalue weighted by molar-refractivity contribution is 6.29. The minimum atomic E-state index is -1.38. The van der Waals surface area contributed by atoms with Crippen LogP contribution >= 0.6 is 0 Å². The zero-order valence-electron chi connectivity index (χ0n) is 11.5. The van der Waals surface area contributed by atoms with Gasteiger partial charge in [-0.2, -0.15) is 0 Å². The number of hydrogen-bond donors (Lipinski definition) is 1. The molecule has 1 saturated carbocycles. The van der Waals surface area contributed by atoms with Crippen LogP contribution in [0, 0.1) is 11.7 Å². The third kappa shape index (κ3) is 2.47. The van der Waals surface area contributed by atoms with Crippen LogP contribution in [-0.2, 0) is 14.4 Å². The Morgan fingerprint density at radius 2 is 1.86 bits per heavy atom. The molecule has 6 heteroatoms. The summed E-state index contributed by atoms with van der Waals surface area (Å²) >= 11 is 0. The number of rotatable bonds is 2. The summed E-state index contributed by atoms with van der Waals surface area (Å²) in [4.78, 5) is 38.7. The van der Waals surface area contributed by atoms with E-state index in [2.05, 4.69) is 4.99 Å². The Hall–Kier alpha value is -2.63. The number of carboxylic acids is 1. The van der Waals surface area contributed by atoms with Crippen LogP contribution in [0.2, 0.25) is 0 Å². The van der Waals surface area contributed by atoms with Crippen LogP contribution in [0.15, 0.2) is 40.9 Å². The largest absolute Gasteiger partial charge is 0.480 e. The number of hydrogen-bond acceptors (Lipinski definition) is 3. The highest BCUT2D eigenvalue weighted by atomic mass is 19.1. The van der Waals surface area contributed by atoms with Gasteiger partial charge in [-0.3, -0.25) is 14.4 Å². The average Bonchev–Trinajstić information content (AvgIpc) is 2.46. The smallest absolute Gasteiger partial charge is 0.320 e. The van der Waals surface area contributed by atoms with Crippen LogP contribution in [0.4, 0.5) is 4.39 Å². The molecule has 1 aromatic rings. The molecule has 1 heterocycles. The van der Waals surface area contributed by atoms with Gasteiger partial charge >= 0.3 is 5.97 Å². The first-order valence-electron chi connectivity index (χ1n) is 6.81. The molecule has 1 aromatic carbocycles. The number of Topliss-reactive ketones (excluding diaryl/α,β-unsaturated/α-hetero) is 1. The number of amides is 1. The molecule has 1 amide bonds. The van der Waals surface area contributed by atoms with Crippen LogP contribution in [0.25, 0.3) is 0 Å². The van der Waals surface area contributed by atoms with Gasteiger partial charge in [0.05, 0.1) is 5.71 Å². The molecule has 0 saturated heterocycles. The second-order valence-electron chi connectivity index (χ2n) is 5.37. The summed E-state index contributed by atoms with van der Waals surface area (Å²) in [6.07, 6.45) is 1.74. The predicted molar refractivity (Wildman–Crippen MR) is 75.0 cm³/mol. The van der Waals surface area contributed by atoms with Crippen molar-refractivity contribution in [1.82, 2.24) is 0 Å². The summed E-state index contributed by atoms with van der Waals surface area (Å²) in [5.41, 5.74) is 1.35. The summed E-state index contributed by atoms with van der Waals surface area (Å²) in [7, 11) is 0. The van der Waals surface area contributed by atoms with Crippen LogP contribution in [-0.4, -0.2) is 28.5 Å². The van der Waals surface area contributed by atoms with Gasteiger partial charge in [0.15, 0.2) is 11.7 Å². The fraction of sp³-hybridized carbons (Fsp3) is 0.250. The Morgan fingerprint density at radius 1 is 1.18 bits per heavy atom. The van der Waals surface area contributed by atoms with E-state index in [1.165, 1.54) is 18.2 Å². The zero-order valence-corrected chi connectivity index (χ0v) is 11.5. The van der Waals surface area contributed by atoms with E-state index in [-0.39, 0.29) is 29.5 Å². The van der Waals surface area contributed by atoms with Gasteiger partial charge in [-0.05, 0) is 36.1 Å². The molecule has 1 aliphatic carbocycles. The zero-order chi connectivity index (χ0) is 15.9. The predicted octanol–water partition coefficient (Wildman–Crippen LogP) is 1.88. The quantitative estimate of drug-likeness (QED) is 0.845. The number of halogens is 1. The molecular formula is C16H12FNO4. The monoisotopic (exact) mass is 301 g/mol. The topological polar surface area (TPSA) is 83.8 Å². The van der Waals surface area contributed by atoms with Crippen molar-refractivity contribution in [3.63, 3.8) is 0 Å². The Balaban J connectivity index is 1.91. The molecule has 0 radical (unpaired) electrons. The van der Waals surface area contributed by atoms with Crippen LogP contribution in [0.5, 0.6) is 0 Å². The number of carbonyl (C=O) groups is 3. The Morgan fingerprint density at radius 3 is 2.50 bits per heavy atom. The van der Waals surface area contributed by atoms with Gasteiger partial charge in [-0.15, -0.1) is 0 Å². The highest BCUT2D eigenvalue weighted by Crippen LogP contribution is 2.34. The second kappa shape index (κ2) is 5.29. The van der Waals surface area contributed by atoms with Gasteiger partial charge < -0.3 is 5.11 Å². The third-order valence-corrected chi connectivity index (χ3v) is 3.93. The van der Waals surface area contributed by atoms with E-state index in [9.17, 15) is 18.8 Å². The van der Waals surface area contributed by atoms with Crippen molar-refractivity contribution in [3.8, 4) is 0 Å². The summed E-state index contributed by atoms with van der Waals surface area (Å²) in [5, 5.41) is 8.96. The number of benzene rings is 1. The lowest BCUT2D eigenvalue weighted by molar-refractivity contribution is -0.143. The summed E-state index contributed by atoms with van der Waals surface area (Å²) in [6.45, 7) is 0. The molecule has 2 atom stereocenters. The molecule has 112 valence electrons. The fourth-order valence-electron chi connectivity index (χ4n) is 2.79. The number of aliphatic imine (C=N–C) groups is 1. The van der Waals surface area contributed by atoms with Crippen molar-refractivity contribution in [1.29, 1.82) is 0 Å². The molecule has 3 rings (SSSR count). The van der Waals surface area contributed by atoms with Gasteiger partial charge in [0.25, 0.3) is 5.91 Å². The van der Waals surface area contributed by atoms with Gasteiger partial charge in [0, 0.05) is 12.0 Å². The Labute approximate surface area is 125 Å². The van der Waals surface area contributed by atoms with E-state index < -0.39 is 17.8 Å². The van der Waals surface area contributed by atoms with Crippen molar-refractivity contribution in [3.05, 3.63) is 47.3 Å². The van der Waals surface area contributed by atoms with Crippen molar-refractivity contribution in [2.45, 2.75) is 18.8 Å². The molecule has 0 aromatic heterocycles. The van der Waals surface area contributed by atoms with E-state index in [1.54, 1.807) is 12.1 Å². The molecule has 22 heavy (non-hydrogen) atoms. The van der Waals surface area contributed by atoms with Gasteiger partial charge in [0.2, 0.25) is 0 Å². The van der Waals surface area contributed by atoms with Crippen molar-refractivity contribution in [2.24, 2.45) is 10.9 Å². The second-order valence-corrected chi connectivity index (χ2v) is 5.37. The number of dihydropyridines is 1. The molecule has 1 aliphatic heterocycles. The van der Waals surface area contributed by atoms with Gasteiger partial charge in [0.1, 0.15) is 5.82 Å². The number of carboxylic acid groups (broad SMARTS) is 1. The molecular weight excluding hydrogens is 289 g/mol. The molecule has 2 unspecified atom stereocenters. The maximum atomic E-state index is 13.0. The maximum absolute atomic E-state index is 13.0. The standard InChI is InChI=1S/C16H12FNO4/c17-10-3-1-8(2-4-10)9-5-13-11(14(19)6-9)7-12(16(21)22)15(20)18-13/h1-4,7,9,12H,5-6H2,(H,21,22).